The van der Waals surface area contributed by atoms with Crippen molar-refractivity contribution in [2.75, 3.05) is 5.88 Å². The molecule has 0 aromatic rings. The van der Waals surface area contributed by atoms with Crippen LogP contribution in [0.1, 0.15) is 46.5 Å². The van der Waals surface area contributed by atoms with Gasteiger partial charge in [-0.2, -0.15) is 0 Å². The minimum absolute atomic E-state index is 0.360. The van der Waals surface area contributed by atoms with Crippen molar-refractivity contribution in [1.29, 1.82) is 0 Å². The molecule has 3 heteroatoms. The summed E-state index contributed by atoms with van der Waals surface area (Å²) in [5, 5.41) is 0. The highest BCUT2D eigenvalue weighted by molar-refractivity contribution is 6.27. The molecule has 1 aliphatic rings. The van der Waals surface area contributed by atoms with Crippen LogP contribution in [0.25, 0.3) is 0 Å². The van der Waals surface area contributed by atoms with Crippen molar-refractivity contribution in [3.63, 3.8) is 0 Å². The van der Waals surface area contributed by atoms with Gasteiger partial charge in [-0.1, -0.05) is 20.8 Å². The molecule has 0 spiro atoms. The van der Waals surface area contributed by atoms with E-state index in [1.807, 2.05) is 0 Å². The molecule has 1 rings (SSSR count). The molecule has 0 aromatic heterocycles. The lowest BCUT2D eigenvalue weighted by atomic mass is 9.71. The third-order valence-electron chi connectivity index (χ3n) is 3.41. The van der Waals surface area contributed by atoms with E-state index >= 15 is 0 Å². The Hall–Kier alpha value is -0.240. The third kappa shape index (κ3) is 4.02. The van der Waals surface area contributed by atoms with Gasteiger partial charge >= 0.3 is 0 Å². The maximum atomic E-state index is 5.64. The van der Waals surface area contributed by atoms with Crippen molar-refractivity contribution in [3.05, 3.63) is 0 Å². The highest BCUT2D eigenvalue weighted by atomic mass is 35.5. The Morgan fingerprint density at radius 1 is 1.27 bits per heavy atom. The van der Waals surface area contributed by atoms with Crippen LogP contribution < -0.4 is 5.73 Å². The molecule has 0 bridgehead atoms. The van der Waals surface area contributed by atoms with E-state index in [-0.39, 0.29) is 0 Å². The van der Waals surface area contributed by atoms with Gasteiger partial charge in [0.25, 0.3) is 0 Å². The summed E-state index contributed by atoms with van der Waals surface area (Å²) in [5.41, 5.74) is 6.08. The number of hydrogen-bond acceptors (Lipinski definition) is 1. The van der Waals surface area contributed by atoms with Crippen molar-refractivity contribution >= 4 is 17.4 Å². The molecule has 1 fully saturated rings. The highest BCUT2D eigenvalue weighted by Crippen LogP contribution is 2.38. The number of rotatable bonds is 2. The van der Waals surface area contributed by atoms with Crippen LogP contribution in [0, 0.1) is 11.3 Å². The van der Waals surface area contributed by atoms with Crippen LogP contribution in [-0.4, -0.2) is 17.8 Å². The Morgan fingerprint density at radius 3 is 2.20 bits per heavy atom. The summed E-state index contributed by atoms with van der Waals surface area (Å²) in [6.45, 7) is 6.98. The molecule has 2 N–H and O–H groups in total. The van der Waals surface area contributed by atoms with Gasteiger partial charge in [-0.3, -0.25) is 4.99 Å². The van der Waals surface area contributed by atoms with E-state index < -0.39 is 0 Å². The van der Waals surface area contributed by atoms with Crippen molar-refractivity contribution in [3.8, 4) is 0 Å². The van der Waals surface area contributed by atoms with Gasteiger partial charge in [-0.25, -0.2) is 0 Å². The lowest BCUT2D eigenvalue weighted by Crippen LogP contribution is -2.28. The average Bonchev–Trinajstić information content (AvgIpc) is 2.17. The molecular formula is C12H23ClN2. The topological polar surface area (TPSA) is 38.4 Å². The number of hydrogen-bond donors (Lipinski definition) is 1. The van der Waals surface area contributed by atoms with Crippen molar-refractivity contribution in [2.24, 2.45) is 22.1 Å². The van der Waals surface area contributed by atoms with E-state index in [0.29, 0.717) is 23.2 Å². The highest BCUT2D eigenvalue weighted by Gasteiger charge is 2.29. The molecule has 88 valence electrons. The second-order valence-electron chi connectivity index (χ2n) is 5.63. The first kappa shape index (κ1) is 12.8. The van der Waals surface area contributed by atoms with Crippen molar-refractivity contribution in [2.45, 2.75) is 52.5 Å². The quantitative estimate of drug-likeness (QED) is 0.442. The Labute approximate surface area is 98.3 Å². The van der Waals surface area contributed by atoms with Crippen molar-refractivity contribution < 1.29 is 0 Å². The van der Waals surface area contributed by atoms with Gasteiger partial charge in [0.05, 0.1) is 11.9 Å². The minimum atomic E-state index is 0.360. The van der Waals surface area contributed by atoms with E-state index in [4.69, 9.17) is 17.3 Å². The number of halogens is 1. The fourth-order valence-corrected chi connectivity index (χ4v) is 2.41. The van der Waals surface area contributed by atoms with Gasteiger partial charge in [0, 0.05) is 0 Å². The fourth-order valence-electron chi connectivity index (χ4n) is 2.34. The molecule has 0 saturated heterocycles. The summed E-state index contributed by atoms with van der Waals surface area (Å²) in [6.07, 6.45) is 4.87. The zero-order valence-electron chi connectivity index (χ0n) is 10.1. The van der Waals surface area contributed by atoms with Crippen LogP contribution in [0.4, 0.5) is 0 Å². The van der Waals surface area contributed by atoms with Crippen LogP contribution in [0.15, 0.2) is 4.99 Å². The summed E-state index contributed by atoms with van der Waals surface area (Å²) >= 11 is 5.62. The van der Waals surface area contributed by atoms with Crippen LogP contribution >= 0.6 is 11.6 Å². The van der Waals surface area contributed by atoms with Crippen molar-refractivity contribution in [1.82, 2.24) is 0 Å². The van der Waals surface area contributed by atoms with Gasteiger partial charge < -0.3 is 5.73 Å². The lowest BCUT2D eigenvalue weighted by molar-refractivity contribution is 0.170. The normalized spacial score (nSPS) is 29.2. The zero-order valence-corrected chi connectivity index (χ0v) is 10.8. The van der Waals surface area contributed by atoms with E-state index in [1.54, 1.807) is 0 Å². The molecular weight excluding hydrogens is 208 g/mol. The standard InChI is InChI=1S/C12H23ClN2/c1-12(2,3)9-4-6-10(7-5-9)15-11(14)8-13/h9-10H,4-8H2,1-3H3,(H2,14,15). The van der Waals surface area contributed by atoms with E-state index in [9.17, 15) is 0 Å². The number of amidine groups is 1. The molecule has 2 nitrogen and oxygen atoms in total. The number of alkyl halides is 1. The summed E-state index contributed by atoms with van der Waals surface area (Å²) in [4.78, 5) is 4.43. The molecule has 0 atom stereocenters. The molecule has 0 unspecified atom stereocenters. The van der Waals surface area contributed by atoms with Crippen LogP contribution in [0.5, 0.6) is 0 Å². The fraction of sp³-hybridized carbons (Fsp3) is 0.917. The van der Waals surface area contributed by atoms with E-state index in [1.165, 1.54) is 25.7 Å². The Bertz CT molecular complexity index is 222. The zero-order chi connectivity index (χ0) is 11.5. The summed E-state index contributed by atoms with van der Waals surface area (Å²) in [5.74, 6) is 1.79. The molecule has 0 heterocycles. The summed E-state index contributed by atoms with van der Waals surface area (Å²) in [7, 11) is 0. The predicted molar refractivity (Wildman–Crippen MR) is 67.5 cm³/mol. The molecule has 0 aliphatic heterocycles. The first-order valence-electron chi connectivity index (χ1n) is 5.81. The second kappa shape index (κ2) is 5.20. The predicted octanol–water partition coefficient (Wildman–Crippen LogP) is 3.19. The molecule has 0 radical (unpaired) electrons. The first-order chi connectivity index (χ1) is 6.93. The van der Waals surface area contributed by atoms with Crippen LogP contribution in [-0.2, 0) is 0 Å². The van der Waals surface area contributed by atoms with Crippen LogP contribution in [0.3, 0.4) is 0 Å². The average molecular weight is 231 g/mol. The SMILES string of the molecule is CC(C)(C)C1CCC(N=C(N)CCl)CC1. The Balaban J connectivity index is 2.43. The molecule has 0 amide bonds. The molecule has 1 saturated carbocycles. The maximum Gasteiger partial charge on any atom is 0.109 e. The molecule has 0 aromatic carbocycles. The van der Waals surface area contributed by atoms with Gasteiger partial charge in [0.1, 0.15) is 5.84 Å². The monoisotopic (exact) mass is 230 g/mol. The Morgan fingerprint density at radius 2 is 1.80 bits per heavy atom. The minimum Gasteiger partial charge on any atom is -0.386 e. The molecule has 1 aliphatic carbocycles. The van der Waals surface area contributed by atoms with E-state index in [2.05, 4.69) is 25.8 Å². The second-order valence-corrected chi connectivity index (χ2v) is 5.89. The summed E-state index contributed by atoms with van der Waals surface area (Å²) in [6, 6.07) is 0.419. The third-order valence-corrected chi connectivity index (χ3v) is 3.68. The molecule has 15 heavy (non-hydrogen) atoms. The number of nitrogens with zero attached hydrogens (tertiary/aromatic N) is 1. The summed E-state index contributed by atoms with van der Waals surface area (Å²) < 4.78 is 0. The van der Waals surface area contributed by atoms with Gasteiger partial charge in [-0.15, -0.1) is 11.6 Å². The first-order valence-corrected chi connectivity index (χ1v) is 6.35. The van der Waals surface area contributed by atoms with Gasteiger partial charge in [0.15, 0.2) is 0 Å². The lowest BCUT2D eigenvalue weighted by Gasteiger charge is -2.35. The smallest absolute Gasteiger partial charge is 0.109 e. The van der Waals surface area contributed by atoms with Crippen LogP contribution in [0.2, 0.25) is 0 Å². The number of aliphatic imine (C=N–C) groups is 1. The Kier molecular flexibility index (Phi) is 4.45. The number of nitrogens with two attached hydrogens (primary N) is 1. The maximum absolute atomic E-state index is 5.64. The van der Waals surface area contributed by atoms with E-state index in [0.717, 1.165) is 5.92 Å². The van der Waals surface area contributed by atoms with Gasteiger partial charge in [0.2, 0.25) is 0 Å². The largest absolute Gasteiger partial charge is 0.386 e. The van der Waals surface area contributed by atoms with Gasteiger partial charge in [-0.05, 0) is 37.0 Å².